The topological polar surface area (TPSA) is 54.4 Å². The summed E-state index contributed by atoms with van der Waals surface area (Å²) in [5.74, 6) is 0.792. The van der Waals surface area contributed by atoms with E-state index in [0.29, 0.717) is 13.1 Å². The molecule has 1 unspecified atom stereocenters. The number of aryl methyl sites for hydroxylation is 1. The van der Waals surface area contributed by atoms with Crippen molar-refractivity contribution in [2.24, 2.45) is 0 Å². The van der Waals surface area contributed by atoms with Crippen LogP contribution in [0.3, 0.4) is 0 Å². The molecule has 0 saturated heterocycles. The van der Waals surface area contributed by atoms with E-state index in [1.54, 1.807) is 13.3 Å². The summed E-state index contributed by atoms with van der Waals surface area (Å²) in [6.45, 7) is 3.27. The number of aliphatic hydroxyl groups is 1. The third kappa shape index (κ3) is 4.28. The summed E-state index contributed by atoms with van der Waals surface area (Å²) in [6, 6.07) is 11.5. The normalized spacial score (nSPS) is 12.1. The number of benzene rings is 1. The Balaban J connectivity index is 1.87. The van der Waals surface area contributed by atoms with Crippen LogP contribution in [0.2, 0.25) is 0 Å². The molecule has 0 bridgehead atoms. The van der Waals surface area contributed by atoms with Crippen molar-refractivity contribution in [1.29, 1.82) is 0 Å². The van der Waals surface area contributed by atoms with Crippen molar-refractivity contribution in [2.45, 2.75) is 26.0 Å². The van der Waals surface area contributed by atoms with Crippen molar-refractivity contribution in [2.75, 3.05) is 13.7 Å². The highest BCUT2D eigenvalue weighted by atomic mass is 16.5. The van der Waals surface area contributed by atoms with E-state index in [1.165, 1.54) is 5.56 Å². The highest BCUT2D eigenvalue weighted by Gasteiger charge is 2.08. The first kappa shape index (κ1) is 15.5. The van der Waals surface area contributed by atoms with E-state index in [9.17, 15) is 5.11 Å². The molecule has 0 aliphatic carbocycles. The minimum atomic E-state index is -0.537. The molecule has 2 rings (SSSR count). The van der Waals surface area contributed by atoms with Crippen molar-refractivity contribution in [3.05, 3.63) is 59.4 Å². The fourth-order valence-corrected chi connectivity index (χ4v) is 2.22. The lowest BCUT2D eigenvalue weighted by Gasteiger charge is -2.13. The number of rotatable bonds is 7. The van der Waals surface area contributed by atoms with Gasteiger partial charge in [-0.1, -0.05) is 25.1 Å². The lowest BCUT2D eigenvalue weighted by Crippen LogP contribution is -2.22. The largest absolute Gasteiger partial charge is 0.497 e. The molecule has 2 aromatic rings. The summed E-state index contributed by atoms with van der Waals surface area (Å²) in [4.78, 5) is 4.38. The van der Waals surface area contributed by atoms with Crippen molar-refractivity contribution in [1.82, 2.24) is 10.3 Å². The number of pyridine rings is 1. The van der Waals surface area contributed by atoms with Crippen LogP contribution in [0, 0.1) is 0 Å². The van der Waals surface area contributed by atoms with Gasteiger partial charge in [0, 0.05) is 19.3 Å². The third-order valence-electron chi connectivity index (χ3n) is 3.50. The minimum Gasteiger partial charge on any atom is -0.497 e. The van der Waals surface area contributed by atoms with Gasteiger partial charge in [-0.3, -0.25) is 4.98 Å². The van der Waals surface area contributed by atoms with Gasteiger partial charge < -0.3 is 15.2 Å². The van der Waals surface area contributed by atoms with Crippen LogP contribution in [0.25, 0.3) is 0 Å². The number of hydrogen-bond donors (Lipinski definition) is 2. The van der Waals surface area contributed by atoms with Crippen LogP contribution >= 0.6 is 0 Å². The Hall–Kier alpha value is -1.91. The first-order chi connectivity index (χ1) is 10.2. The van der Waals surface area contributed by atoms with Crippen molar-refractivity contribution in [3.63, 3.8) is 0 Å². The Morgan fingerprint density at radius 3 is 2.67 bits per heavy atom. The van der Waals surface area contributed by atoms with Crippen LogP contribution in [0.5, 0.6) is 5.75 Å². The second-order valence-corrected chi connectivity index (χ2v) is 4.88. The van der Waals surface area contributed by atoms with Gasteiger partial charge in [0.25, 0.3) is 0 Å². The monoisotopic (exact) mass is 286 g/mol. The molecule has 112 valence electrons. The molecule has 0 saturated carbocycles. The Labute approximate surface area is 125 Å². The molecule has 1 aromatic heterocycles. The molecule has 1 atom stereocenters. The third-order valence-corrected chi connectivity index (χ3v) is 3.50. The number of aromatic nitrogens is 1. The van der Waals surface area contributed by atoms with Gasteiger partial charge in [0.1, 0.15) is 5.75 Å². The second-order valence-electron chi connectivity index (χ2n) is 4.88. The summed E-state index contributed by atoms with van der Waals surface area (Å²) in [5, 5.41) is 13.4. The van der Waals surface area contributed by atoms with E-state index in [0.717, 1.165) is 23.4 Å². The maximum Gasteiger partial charge on any atom is 0.118 e. The van der Waals surface area contributed by atoms with E-state index in [-0.39, 0.29) is 0 Å². The first-order valence-electron chi connectivity index (χ1n) is 7.20. The fourth-order valence-electron chi connectivity index (χ4n) is 2.22. The Kier molecular flexibility index (Phi) is 5.72. The molecule has 0 fully saturated rings. The molecular formula is C17H22N2O2. The summed E-state index contributed by atoms with van der Waals surface area (Å²) in [6.07, 6.45) is 2.23. The lowest BCUT2D eigenvalue weighted by atomic mass is 10.1. The summed E-state index contributed by atoms with van der Waals surface area (Å²) in [5.41, 5.74) is 3.16. The molecule has 4 nitrogen and oxygen atoms in total. The SMILES string of the molecule is CCc1cccnc1CNCC(O)c1ccc(OC)cc1. The molecule has 0 spiro atoms. The van der Waals surface area contributed by atoms with Gasteiger partial charge in [-0.15, -0.1) is 0 Å². The lowest BCUT2D eigenvalue weighted by molar-refractivity contribution is 0.174. The molecule has 1 aromatic carbocycles. The molecule has 21 heavy (non-hydrogen) atoms. The van der Waals surface area contributed by atoms with Gasteiger partial charge >= 0.3 is 0 Å². The number of methoxy groups -OCH3 is 1. The van der Waals surface area contributed by atoms with E-state index in [2.05, 4.69) is 23.3 Å². The zero-order valence-corrected chi connectivity index (χ0v) is 12.5. The maximum atomic E-state index is 10.2. The van der Waals surface area contributed by atoms with Gasteiger partial charge in [-0.2, -0.15) is 0 Å². The van der Waals surface area contributed by atoms with Crippen LogP contribution in [0.15, 0.2) is 42.6 Å². The van der Waals surface area contributed by atoms with Gasteiger partial charge in [0.05, 0.1) is 18.9 Å². The van der Waals surface area contributed by atoms with Crippen LogP contribution < -0.4 is 10.1 Å². The number of aliphatic hydroxyl groups excluding tert-OH is 1. The van der Waals surface area contributed by atoms with Gasteiger partial charge in [-0.25, -0.2) is 0 Å². The number of nitrogens with one attached hydrogen (secondary N) is 1. The highest BCUT2D eigenvalue weighted by molar-refractivity contribution is 5.28. The number of ether oxygens (including phenoxy) is 1. The average molecular weight is 286 g/mol. The van der Waals surface area contributed by atoms with E-state index >= 15 is 0 Å². The first-order valence-corrected chi connectivity index (χ1v) is 7.20. The Bertz CT molecular complexity index is 555. The zero-order valence-electron chi connectivity index (χ0n) is 12.5. The standard InChI is InChI=1S/C17H22N2O2/c1-3-13-5-4-10-19-16(13)11-18-12-17(20)14-6-8-15(21-2)9-7-14/h4-10,17-18,20H,3,11-12H2,1-2H3. The maximum absolute atomic E-state index is 10.2. The van der Waals surface area contributed by atoms with E-state index < -0.39 is 6.10 Å². The summed E-state index contributed by atoms with van der Waals surface area (Å²) in [7, 11) is 1.63. The van der Waals surface area contributed by atoms with Gasteiger partial charge in [-0.05, 0) is 35.7 Å². The quantitative estimate of drug-likeness (QED) is 0.821. The predicted octanol–water partition coefficient (Wildman–Crippen LogP) is 2.48. The van der Waals surface area contributed by atoms with Crippen LogP contribution in [0.1, 0.15) is 29.8 Å². The fraction of sp³-hybridized carbons (Fsp3) is 0.353. The minimum absolute atomic E-state index is 0.492. The highest BCUT2D eigenvalue weighted by Crippen LogP contribution is 2.17. The van der Waals surface area contributed by atoms with Gasteiger partial charge in [0.15, 0.2) is 0 Å². The number of hydrogen-bond acceptors (Lipinski definition) is 4. The van der Waals surface area contributed by atoms with Crippen molar-refractivity contribution >= 4 is 0 Å². The van der Waals surface area contributed by atoms with E-state index in [1.807, 2.05) is 30.3 Å². The molecule has 0 radical (unpaired) electrons. The van der Waals surface area contributed by atoms with Crippen LogP contribution in [-0.2, 0) is 13.0 Å². The average Bonchev–Trinajstić information content (AvgIpc) is 2.55. The molecular weight excluding hydrogens is 264 g/mol. The summed E-state index contributed by atoms with van der Waals surface area (Å²) >= 11 is 0. The molecule has 4 heteroatoms. The smallest absolute Gasteiger partial charge is 0.118 e. The summed E-state index contributed by atoms with van der Waals surface area (Å²) < 4.78 is 5.11. The second kappa shape index (κ2) is 7.76. The zero-order chi connectivity index (χ0) is 15.1. The van der Waals surface area contributed by atoms with Crippen LogP contribution in [-0.4, -0.2) is 23.7 Å². The Morgan fingerprint density at radius 2 is 2.00 bits per heavy atom. The molecule has 0 aliphatic heterocycles. The van der Waals surface area contributed by atoms with E-state index in [4.69, 9.17) is 4.74 Å². The number of nitrogens with zero attached hydrogens (tertiary/aromatic N) is 1. The Morgan fingerprint density at radius 1 is 1.24 bits per heavy atom. The molecule has 0 aliphatic rings. The molecule has 2 N–H and O–H groups in total. The van der Waals surface area contributed by atoms with Gasteiger partial charge in [0.2, 0.25) is 0 Å². The van der Waals surface area contributed by atoms with Crippen molar-refractivity contribution < 1.29 is 9.84 Å². The molecule has 1 heterocycles. The molecule has 0 amide bonds. The van der Waals surface area contributed by atoms with Crippen molar-refractivity contribution in [3.8, 4) is 5.75 Å². The predicted molar refractivity (Wildman–Crippen MR) is 83.3 cm³/mol. The van der Waals surface area contributed by atoms with Crippen LogP contribution in [0.4, 0.5) is 0 Å².